The zero-order chi connectivity index (χ0) is 10.8. The molecule has 2 atom stereocenters. The molecule has 4 heteroatoms. The number of carboxylic acid groups (broad SMARTS) is 1. The predicted molar refractivity (Wildman–Crippen MR) is 52.9 cm³/mol. The van der Waals surface area contributed by atoms with Crippen LogP contribution < -0.4 is 5.32 Å². The molecule has 1 aliphatic heterocycles. The average Bonchev–Trinajstić information content (AvgIpc) is 2.68. The van der Waals surface area contributed by atoms with Gasteiger partial charge in [0.05, 0.1) is 0 Å². The molecule has 0 aliphatic carbocycles. The van der Waals surface area contributed by atoms with E-state index in [1.165, 1.54) is 12.1 Å². The molecule has 0 aromatic heterocycles. The van der Waals surface area contributed by atoms with E-state index in [2.05, 4.69) is 5.32 Å². The summed E-state index contributed by atoms with van der Waals surface area (Å²) in [5, 5.41) is 11.8. The Kier molecular flexibility index (Phi) is 2.68. The monoisotopic (exact) mass is 209 g/mol. The lowest BCUT2D eigenvalue weighted by Crippen LogP contribution is -2.31. The zero-order valence-electron chi connectivity index (χ0n) is 8.11. The highest BCUT2D eigenvalue weighted by atomic mass is 19.1. The van der Waals surface area contributed by atoms with E-state index in [0.29, 0.717) is 6.42 Å². The minimum absolute atomic E-state index is 0.0340. The molecule has 0 spiro atoms. The van der Waals surface area contributed by atoms with Gasteiger partial charge in [0.15, 0.2) is 0 Å². The molecule has 0 unspecified atom stereocenters. The van der Waals surface area contributed by atoms with Crippen LogP contribution in [0.1, 0.15) is 24.4 Å². The largest absolute Gasteiger partial charge is 0.480 e. The Balaban J connectivity index is 2.07. The number of carbonyl (C=O) groups is 1. The number of nitrogens with one attached hydrogen (secondary N) is 1. The third-order valence-corrected chi connectivity index (χ3v) is 2.72. The molecule has 3 nitrogen and oxygen atoms in total. The standard InChI is InChI=1S/C11H12FNO2/c12-8-3-1-7(2-4-8)9-5-6-10(13-9)11(14)15/h1-4,9-10,13H,5-6H2,(H,14,15)/t9-,10-/m0/s1. The summed E-state index contributed by atoms with van der Waals surface area (Å²) in [6, 6.07) is 5.73. The zero-order valence-corrected chi connectivity index (χ0v) is 8.11. The van der Waals surface area contributed by atoms with Gasteiger partial charge < -0.3 is 5.11 Å². The van der Waals surface area contributed by atoms with Crippen LogP contribution in [0.3, 0.4) is 0 Å². The lowest BCUT2D eigenvalue weighted by molar-refractivity contribution is -0.139. The molecule has 1 aliphatic rings. The van der Waals surface area contributed by atoms with Crippen molar-refractivity contribution in [1.82, 2.24) is 5.32 Å². The van der Waals surface area contributed by atoms with Crippen molar-refractivity contribution >= 4 is 5.97 Å². The van der Waals surface area contributed by atoms with Gasteiger partial charge in [0.2, 0.25) is 0 Å². The first kappa shape index (κ1) is 10.1. The second kappa shape index (κ2) is 3.98. The first-order valence-corrected chi connectivity index (χ1v) is 4.91. The highest BCUT2D eigenvalue weighted by Gasteiger charge is 2.29. The van der Waals surface area contributed by atoms with Crippen molar-refractivity contribution in [1.29, 1.82) is 0 Å². The van der Waals surface area contributed by atoms with Gasteiger partial charge >= 0.3 is 5.97 Å². The fraction of sp³-hybridized carbons (Fsp3) is 0.364. The summed E-state index contributed by atoms with van der Waals surface area (Å²) < 4.78 is 12.7. The molecule has 0 saturated carbocycles. The van der Waals surface area contributed by atoms with Crippen LogP contribution in [0.2, 0.25) is 0 Å². The maximum absolute atomic E-state index is 12.7. The number of hydrogen-bond donors (Lipinski definition) is 2. The van der Waals surface area contributed by atoms with Crippen LogP contribution in [0, 0.1) is 5.82 Å². The second-order valence-corrected chi connectivity index (χ2v) is 3.74. The minimum atomic E-state index is -0.820. The number of rotatable bonds is 2. The Morgan fingerprint density at radius 2 is 2.00 bits per heavy atom. The van der Waals surface area contributed by atoms with Crippen molar-refractivity contribution in [3.63, 3.8) is 0 Å². The Hall–Kier alpha value is -1.42. The summed E-state index contributed by atoms with van der Waals surface area (Å²) >= 11 is 0. The van der Waals surface area contributed by atoms with E-state index in [-0.39, 0.29) is 11.9 Å². The Labute approximate surface area is 86.9 Å². The molecule has 0 bridgehead atoms. The highest BCUT2D eigenvalue weighted by molar-refractivity contribution is 5.73. The fourth-order valence-electron chi connectivity index (χ4n) is 1.90. The molecule has 80 valence electrons. The van der Waals surface area contributed by atoms with E-state index in [4.69, 9.17) is 5.11 Å². The molecule has 1 aromatic rings. The summed E-state index contributed by atoms with van der Waals surface area (Å²) in [5.41, 5.74) is 0.945. The molecular weight excluding hydrogens is 197 g/mol. The van der Waals surface area contributed by atoms with Crippen molar-refractivity contribution in [2.45, 2.75) is 24.9 Å². The first-order valence-electron chi connectivity index (χ1n) is 4.91. The second-order valence-electron chi connectivity index (χ2n) is 3.74. The highest BCUT2D eigenvalue weighted by Crippen LogP contribution is 2.26. The molecule has 1 heterocycles. The summed E-state index contributed by atoms with van der Waals surface area (Å²) in [4.78, 5) is 10.7. The fourth-order valence-corrected chi connectivity index (χ4v) is 1.90. The molecule has 2 N–H and O–H groups in total. The van der Waals surface area contributed by atoms with E-state index < -0.39 is 12.0 Å². The summed E-state index contributed by atoms with van der Waals surface area (Å²) in [5.74, 6) is -1.09. The van der Waals surface area contributed by atoms with Crippen molar-refractivity contribution in [3.05, 3.63) is 35.6 Å². The average molecular weight is 209 g/mol. The van der Waals surface area contributed by atoms with Gasteiger partial charge in [-0.3, -0.25) is 10.1 Å². The molecule has 0 radical (unpaired) electrons. The Morgan fingerprint density at radius 3 is 2.53 bits per heavy atom. The minimum Gasteiger partial charge on any atom is -0.480 e. The SMILES string of the molecule is O=C(O)[C@@H]1CC[C@@H](c2ccc(F)cc2)N1. The molecule has 15 heavy (non-hydrogen) atoms. The molecular formula is C11H12FNO2. The number of carboxylic acids is 1. The van der Waals surface area contributed by atoms with E-state index >= 15 is 0 Å². The van der Waals surface area contributed by atoms with E-state index in [1.807, 2.05) is 0 Å². The maximum atomic E-state index is 12.7. The third-order valence-electron chi connectivity index (χ3n) is 2.72. The van der Waals surface area contributed by atoms with Crippen LogP contribution in [0.15, 0.2) is 24.3 Å². The molecule has 1 aromatic carbocycles. The maximum Gasteiger partial charge on any atom is 0.320 e. The number of aliphatic carboxylic acids is 1. The summed E-state index contributed by atoms with van der Waals surface area (Å²) in [7, 11) is 0. The van der Waals surface area contributed by atoms with E-state index in [0.717, 1.165) is 12.0 Å². The molecule has 1 fully saturated rings. The van der Waals surface area contributed by atoms with Crippen molar-refractivity contribution in [2.24, 2.45) is 0 Å². The molecule has 2 rings (SSSR count). The van der Waals surface area contributed by atoms with Crippen LogP contribution in [0.5, 0.6) is 0 Å². The van der Waals surface area contributed by atoms with Gasteiger partial charge in [-0.15, -0.1) is 0 Å². The normalized spacial score (nSPS) is 25.4. The lowest BCUT2D eigenvalue weighted by atomic mass is 10.1. The van der Waals surface area contributed by atoms with E-state index in [9.17, 15) is 9.18 Å². The van der Waals surface area contributed by atoms with Crippen LogP contribution in [-0.4, -0.2) is 17.1 Å². The summed E-state index contributed by atoms with van der Waals surface area (Å²) in [6.45, 7) is 0. The van der Waals surface area contributed by atoms with Crippen LogP contribution in [0.25, 0.3) is 0 Å². The van der Waals surface area contributed by atoms with Gasteiger partial charge in [-0.25, -0.2) is 4.39 Å². The van der Waals surface area contributed by atoms with Gasteiger partial charge in [-0.2, -0.15) is 0 Å². The number of halogens is 1. The van der Waals surface area contributed by atoms with Crippen LogP contribution in [-0.2, 0) is 4.79 Å². The van der Waals surface area contributed by atoms with Gasteiger partial charge in [-0.05, 0) is 30.5 Å². The smallest absolute Gasteiger partial charge is 0.320 e. The van der Waals surface area contributed by atoms with E-state index in [1.54, 1.807) is 12.1 Å². The predicted octanol–water partition coefficient (Wildman–Crippen LogP) is 1.70. The quantitative estimate of drug-likeness (QED) is 0.779. The lowest BCUT2D eigenvalue weighted by Gasteiger charge is -2.11. The van der Waals surface area contributed by atoms with Gasteiger partial charge in [0, 0.05) is 6.04 Å². The first-order chi connectivity index (χ1) is 7.16. The summed E-state index contributed by atoms with van der Waals surface area (Å²) in [6.07, 6.45) is 1.40. The third kappa shape index (κ3) is 2.15. The van der Waals surface area contributed by atoms with Gasteiger partial charge in [0.1, 0.15) is 11.9 Å². The van der Waals surface area contributed by atoms with Crippen molar-refractivity contribution < 1.29 is 14.3 Å². The Bertz CT molecular complexity index is 363. The van der Waals surface area contributed by atoms with Gasteiger partial charge in [-0.1, -0.05) is 12.1 Å². The Morgan fingerprint density at radius 1 is 1.33 bits per heavy atom. The number of hydrogen-bond acceptors (Lipinski definition) is 2. The molecule has 1 saturated heterocycles. The van der Waals surface area contributed by atoms with Crippen LogP contribution in [0.4, 0.5) is 4.39 Å². The van der Waals surface area contributed by atoms with Crippen LogP contribution >= 0.6 is 0 Å². The topological polar surface area (TPSA) is 49.3 Å². The van der Waals surface area contributed by atoms with Crippen molar-refractivity contribution in [2.75, 3.05) is 0 Å². The number of benzene rings is 1. The van der Waals surface area contributed by atoms with Crippen molar-refractivity contribution in [3.8, 4) is 0 Å². The molecule has 0 amide bonds. The van der Waals surface area contributed by atoms with Gasteiger partial charge in [0.25, 0.3) is 0 Å².